The van der Waals surface area contributed by atoms with Crippen molar-refractivity contribution in [2.24, 2.45) is 5.92 Å². The van der Waals surface area contributed by atoms with Gasteiger partial charge in [0.15, 0.2) is 0 Å². The molecule has 3 aliphatic rings. The summed E-state index contributed by atoms with van der Waals surface area (Å²) in [5, 5.41) is 3.56. The zero-order valence-electron chi connectivity index (χ0n) is 17.8. The van der Waals surface area contributed by atoms with Gasteiger partial charge in [-0.1, -0.05) is 42.5 Å². The van der Waals surface area contributed by atoms with Gasteiger partial charge in [-0.2, -0.15) is 0 Å². The Morgan fingerprint density at radius 2 is 2.00 bits per heavy atom. The molecule has 6 heteroatoms. The fraction of sp³-hybridized carbons (Fsp3) is 0.440. The van der Waals surface area contributed by atoms with Crippen LogP contribution in [-0.2, 0) is 11.2 Å². The lowest BCUT2D eigenvalue weighted by Crippen LogP contribution is -2.57. The van der Waals surface area contributed by atoms with Gasteiger partial charge < -0.3 is 10.2 Å². The minimum atomic E-state index is -0.241. The number of carbonyl (C=O) groups is 2. The second-order valence-electron chi connectivity index (χ2n) is 8.92. The number of rotatable bonds is 3. The first-order valence-electron chi connectivity index (χ1n) is 11.3. The number of nitrogens with one attached hydrogen (secondary N) is 1. The molecule has 0 aromatic heterocycles. The summed E-state index contributed by atoms with van der Waals surface area (Å²) in [4.78, 5) is 28.6. The van der Waals surface area contributed by atoms with Crippen LogP contribution in [0.25, 0.3) is 0 Å². The molecule has 162 valence electrons. The Morgan fingerprint density at radius 1 is 1.19 bits per heavy atom. The monoisotopic (exact) mass is 437 g/mol. The average molecular weight is 438 g/mol. The van der Waals surface area contributed by atoms with E-state index in [9.17, 15) is 9.59 Å². The van der Waals surface area contributed by atoms with E-state index >= 15 is 0 Å². The van der Waals surface area contributed by atoms with Crippen molar-refractivity contribution in [3.63, 3.8) is 0 Å². The van der Waals surface area contributed by atoms with Crippen LogP contribution in [0.2, 0.25) is 0 Å². The summed E-state index contributed by atoms with van der Waals surface area (Å²) in [5.74, 6) is 0.188. The third-order valence-electron chi connectivity index (χ3n) is 7.26. The molecule has 5 rings (SSSR count). The maximum atomic E-state index is 13.4. The first kappa shape index (κ1) is 20.5. The van der Waals surface area contributed by atoms with Gasteiger partial charge in [-0.15, -0.1) is 0 Å². The number of carbonyl (C=O) groups excluding carboxylic acids is 2. The normalized spacial score (nSPS) is 25.8. The summed E-state index contributed by atoms with van der Waals surface area (Å²) >= 11 is 6.55. The SMILES string of the molecule is C[C@H](c1ccccc1)N(Cl)C(=O)c1cccc2c1CCN1C(=O)[C@H]3CCCN[C@H]3C[C@@H]21. The van der Waals surface area contributed by atoms with Crippen molar-refractivity contribution in [1.29, 1.82) is 0 Å². The molecule has 2 saturated heterocycles. The number of benzene rings is 2. The molecule has 0 spiro atoms. The number of amides is 2. The molecule has 0 saturated carbocycles. The smallest absolute Gasteiger partial charge is 0.269 e. The molecule has 4 atom stereocenters. The van der Waals surface area contributed by atoms with Crippen LogP contribution in [0.4, 0.5) is 0 Å². The second-order valence-corrected chi connectivity index (χ2v) is 9.28. The van der Waals surface area contributed by atoms with Crippen LogP contribution >= 0.6 is 11.8 Å². The van der Waals surface area contributed by atoms with Crippen LogP contribution in [0.5, 0.6) is 0 Å². The van der Waals surface area contributed by atoms with Crippen molar-refractivity contribution in [1.82, 2.24) is 14.6 Å². The lowest BCUT2D eigenvalue weighted by Gasteiger charge is -2.48. The maximum Gasteiger partial charge on any atom is 0.269 e. The number of fused-ring (bicyclic) bond motifs is 4. The Bertz CT molecular complexity index is 996. The van der Waals surface area contributed by atoms with E-state index in [0.29, 0.717) is 18.5 Å². The molecule has 3 heterocycles. The Morgan fingerprint density at radius 3 is 2.81 bits per heavy atom. The van der Waals surface area contributed by atoms with Crippen LogP contribution < -0.4 is 5.32 Å². The van der Waals surface area contributed by atoms with Crippen LogP contribution in [0.3, 0.4) is 0 Å². The molecule has 0 radical (unpaired) electrons. The van der Waals surface area contributed by atoms with Crippen molar-refractivity contribution < 1.29 is 9.59 Å². The Hall–Kier alpha value is -2.37. The molecule has 31 heavy (non-hydrogen) atoms. The number of halogens is 1. The number of nitrogens with zero attached hydrogens (tertiary/aromatic N) is 2. The molecule has 0 bridgehead atoms. The van der Waals surface area contributed by atoms with E-state index in [1.54, 1.807) is 0 Å². The maximum absolute atomic E-state index is 13.4. The van der Waals surface area contributed by atoms with Gasteiger partial charge in [-0.05, 0) is 61.9 Å². The van der Waals surface area contributed by atoms with Crippen LogP contribution in [-0.4, -0.2) is 40.3 Å². The van der Waals surface area contributed by atoms with Crippen molar-refractivity contribution in [3.8, 4) is 0 Å². The average Bonchev–Trinajstić information content (AvgIpc) is 2.83. The fourth-order valence-corrected chi connectivity index (χ4v) is 5.78. The summed E-state index contributed by atoms with van der Waals surface area (Å²) in [6.45, 7) is 3.58. The molecule has 2 fully saturated rings. The number of hydrogen-bond acceptors (Lipinski definition) is 3. The second kappa shape index (κ2) is 8.29. The quantitative estimate of drug-likeness (QED) is 0.730. The van der Waals surface area contributed by atoms with Crippen LogP contribution in [0.15, 0.2) is 48.5 Å². The van der Waals surface area contributed by atoms with Crippen LogP contribution in [0.1, 0.15) is 65.3 Å². The van der Waals surface area contributed by atoms with E-state index in [4.69, 9.17) is 11.8 Å². The highest BCUT2D eigenvalue weighted by Crippen LogP contribution is 2.42. The minimum absolute atomic E-state index is 0.0335. The summed E-state index contributed by atoms with van der Waals surface area (Å²) in [7, 11) is 0. The van der Waals surface area contributed by atoms with Gasteiger partial charge in [-0.25, -0.2) is 4.42 Å². The van der Waals surface area contributed by atoms with Crippen molar-refractivity contribution in [2.75, 3.05) is 13.1 Å². The van der Waals surface area contributed by atoms with E-state index in [2.05, 4.69) is 16.3 Å². The molecule has 2 amide bonds. The van der Waals surface area contributed by atoms with Crippen LogP contribution in [0, 0.1) is 5.92 Å². The zero-order chi connectivity index (χ0) is 21.5. The molecule has 1 N–H and O–H groups in total. The lowest BCUT2D eigenvalue weighted by atomic mass is 9.76. The van der Waals surface area contributed by atoms with E-state index in [1.165, 1.54) is 4.42 Å². The van der Waals surface area contributed by atoms with Gasteiger partial charge >= 0.3 is 0 Å². The first-order chi connectivity index (χ1) is 15.1. The van der Waals surface area contributed by atoms with Gasteiger partial charge in [0, 0.05) is 29.9 Å². The van der Waals surface area contributed by atoms with E-state index in [1.807, 2.05) is 49.4 Å². The lowest BCUT2D eigenvalue weighted by molar-refractivity contribution is -0.145. The molecular formula is C25H28ClN3O2. The van der Waals surface area contributed by atoms with E-state index in [-0.39, 0.29) is 35.9 Å². The standard InChI is InChI=1S/C25H28ClN3O2/c1-16(17-7-3-2-4-8-17)29(26)25(31)20-10-5-9-19-18(20)12-14-28-23(19)15-22-21(24(28)30)11-6-13-27-22/h2-5,7-10,16,21-23,27H,6,11-15H2,1H3/t16-,21+,22+,23+/m1/s1. The predicted molar refractivity (Wildman–Crippen MR) is 121 cm³/mol. The number of piperidine rings is 2. The van der Waals surface area contributed by atoms with Gasteiger partial charge in [0.1, 0.15) is 0 Å². The highest BCUT2D eigenvalue weighted by molar-refractivity contribution is 6.24. The summed E-state index contributed by atoms with van der Waals surface area (Å²) < 4.78 is 1.31. The van der Waals surface area contributed by atoms with Gasteiger partial charge in [0.25, 0.3) is 5.91 Å². The predicted octanol–water partition coefficient (Wildman–Crippen LogP) is 4.24. The highest BCUT2D eigenvalue weighted by Gasteiger charge is 2.45. The first-order valence-corrected chi connectivity index (χ1v) is 11.6. The molecule has 3 aliphatic heterocycles. The fourth-order valence-electron chi connectivity index (χ4n) is 5.57. The number of hydrogen-bond donors (Lipinski definition) is 1. The Kier molecular flexibility index (Phi) is 5.49. The summed E-state index contributed by atoms with van der Waals surface area (Å²) in [5.41, 5.74) is 3.80. The van der Waals surface area contributed by atoms with E-state index in [0.717, 1.165) is 42.5 Å². The minimum Gasteiger partial charge on any atom is -0.335 e. The van der Waals surface area contributed by atoms with Gasteiger partial charge in [0.05, 0.1) is 18.0 Å². The van der Waals surface area contributed by atoms with Crippen molar-refractivity contribution >= 4 is 23.6 Å². The van der Waals surface area contributed by atoms with Gasteiger partial charge in [0.2, 0.25) is 5.91 Å². The summed E-state index contributed by atoms with van der Waals surface area (Å²) in [6.07, 6.45) is 3.64. The van der Waals surface area contributed by atoms with Crippen molar-refractivity contribution in [3.05, 3.63) is 70.8 Å². The summed E-state index contributed by atoms with van der Waals surface area (Å²) in [6, 6.07) is 15.7. The van der Waals surface area contributed by atoms with Gasteiger partial charge in [-0.3, -0.25) is 9.59 Å². The molecule has 0 unspecified atom stereocenters. The molecular weight excluding hydrogens is 410 g/mol. The largest absolute Gasteiger partial charge is 0.335 e. The molecule has 5 nitrogen and oxygen atoms in total. The van der Waals surface area contributed by atoms with E-state index < -0.39 is 0 Å². The Labute approximate surface area is 188 Å². The Balaban J connectivity index is 1.44. The zero-order valence-corrected chi connectivity index (χ0v) is 18.5. The molecule has 2 aromatic carbocycles. The molecule has 2 aromatic rings. The third-order valence-corrected chi connectivity index (χ3v) is 7.70. The third kappa shape index (κ3) is 3.54. The molecule has 0 aliphatic carbocycles. The topological polar surface area (TPSA) is 52.7 Å². The highest BCUT2D eigenvalue weighted by atomic mass is 35.5. The van der Waals surface area contributed by atoms with Crippen molar-refractivity contribution in [2.45, 2.75) is 50.7 Å².